The van der Waals surface area contributed by atoms with Crippen LogP contribution in [0.3, 0.4) is 0 Å². The number of nitrogens with zero attached hydrogens (tertiary/aromatic N) is 2. The Bertz CT molecular complexity index is 835. The van der Waals surface area contributed by atoms with Crippen molar-refractivity contribution in [1.29, 1.82) is 0 Å². The molecule has 0 aliphatic carbocycles. The first kappa shape index (κ1) is 15.3. The molecule has 2 heterocycles. The summed E-state index contributed by atoms with van der Waals surface area (Å²) < 4.78 is 0. The Morgan fingerprint density at radius 1 is 1.36 bits per heavy atom. The molecule has 0 unspecified atom stereocenters. The molecule has 0 atom stereocenters. The van der Waals surface area contributed by atoms with E-state index in [0.29, 0.717) is 10.7 Å². The number of amides is 1. The van der Waals surface area contributed by atoms with Crippen molar-refractivity contribution < 1.29 is 4.79 Å². The molecule has 0 aliphatic heterocycles. The van der Waals surface area contributed by atoms with Crippen LogP contribution in [0, 0.1) is 6.92 Å². The topological polar surface area (TPSA) is 54.9 Å². The first-order valence-electron chi connectivity index (χ1n) is 6.52. The smallest absolute Gasteiger partial charge is 0.234 e. The van der Waals surface area contributed by atoms with Crippen LogP contribution in [0.25, 0.3) is 10.2 Å². The van der Waals surface area contributed by atoms with Gasteiger partial charge in [-0.2, -0.15) is 0 Å². The summed E-state index contributed by atoms with van der Waals surface area (Å²) in [6.07, 6.45) is 1.53. The lowest BCUT2D eigenvalue weighted by Gasteiger charge is -2.06. The molecular weight excluding hydrogens is 338 g/mol. The second-order valence-corrected chi connectivity index (χ2v) is 7.18. The third kappa shape index (κ3) is 3.40. The summed E-state index contributed by atoms with van der Waals surface area (Å²) in [5.41, 5.74) is 0.619. The number of hydrogen-bond acceptors (Lipinski definition) is 5. The largest absolute Gasteiger partial charge is 0.324 e. The molecule has 112 valence electrons. The predicted octanol–water partition coefficient (Wildman–Crippen LogP) is 4.38. The van der Waals surface area contributed by atoms with Crippen LogP contribution in [0.2, 0.25) is 5.02 Å². The fourth-order valence-electron chi connectivity index (χ4n) is 1.95. The van der Waals surface area contributed by atoms with Gasteiger partial charge >= 0.3 is 0 Å². The van der Waals surface area contributed by atoms with Crippen molar-refractivity contribution in [2.45, 2.75) is 11.9 Å². The lowest BCUT2D eigenvalue weighted by molar-refractivity contribution is -0.113. The number of anilines is 1. The van der Waals surface area contributed by atoms with Gasteiger partial charge in [-0.15, -0.1) is 11.3 Å². The molecule has 1 N–H and O–H groups in total. The van der Waals surface area contributed by atoms with Gasteiger partial charge in [0.05, 0.1) is 16.5 Å². The molecule has 0 fully saturated rings. The van der Waals surface area contributed by atoms with E-state index in [1.54, 1.807) is 23.5 Å². The fraction of sp³-hybridized carbons (Fsp3) is 0.133. The first-order valence-corrected chi connectivity index (χ1v) is 8.70. The molecule has 1 amide bonds. The van der Waals surface area contributed by atoms with E-state index in [4.69, 9.17) is 11.6 Å². The van der Waals surface area contributed by atoms with Crippen LogP contribution < -0.4 is 5.32 Å². The maximum absolute atomic E-state index is 12.0. The minimum atomic E-state index is -0.114. The van der Waals surface area contributed by atoms with Crippen LogP contribution in [-0.2, 0) is 4.79 Å². The second kappa shape index (κ2) is 6.64. The second-order valence-electron chi connectivity index (χ2n) is 4.57. The Morgan fingerprint density at radius 2 is 2.18 bits per heavy atom. The number of thioether (sulfide) groups is 1. The summed E-state index contributed by atoms with van der Waals surface area (Å²) in [6, 6.07) is 9.22. The van der Waals surface area contributed by atoms with Crippen molar-refractivity contribution in [2.75, 3.05) is 11.1 Å². The van der Waals surface area contributed by atoms with Gasteiger partial charge in [-0.05, 0) is 25.1 Å². The third-order valence-electron chi connectivity index (χ3n) is 2.90. The van der Waals surface area contributed by atoms with E-state index in [9.17, 15) is 4.79 Å². The van der Waals surface area contributed by atoms with Gasteiger partial charge in [-0.3, -0.25) is 4.79 Å². The number of carbonyl (C=O) groups excluding carboxylic acids is 1. The van der Waals surface area contributed by atoms with Crippen LogP contribution in [0.1, 0.15) is 4.88 Å². The average Bonchev–Trinajstić information content (AvgIpc) is 2.88. The zero-order valence-electron chi connectivity index (χ0n) is 11.7. The molecule has 3 aromatic rings. The fourth-order valence-corrected chi connectivity index (χ4v) is 3.82. The van der Waals surface area contributed by atoms with Crippen molar-refractivity contribution in [2.24, 2.45) is 0 Å². The van der Waals surface area contributed by atoms with Crippen molar-refractivity contribution >= 4 is 56.5 Å². The predicted molar refractivity (Wildman–Crippen MR) is 93.0 cm³/mol. The normalized spacial score (nSPS) is 10.8. The molecule has 22 heavy (non-hydrogen) atoms. The molecule has 0 saturated carbocycles. The van der Waals surface area contributed by atoms with Gasteiger partial charge in [-0.1, -0.05) is 35.5 Å². The van der Waals surface area contributed by atoms with Gasteiger partial charge in [0, 0.05) is 10.3 Å². The lowest BCUT2D eigenvalue weighted by Crippen LogP contribution is -2.14. The number of para-hydroxylation sites is 1. The summed E-state index contributed by atoms with van der Waals surface area (Å²) in [5, 5.41) is 5.15. The SMILES string of the molecule is Cc1cc2c(SCC(=O)Nc3ccccc3Cl)ncnc2s1. The van der Waals surface area contributed by atoms with Crippen molar-refractivity contribution in [3.05, 3.63) is 46.6 Å². The molecule has 0 saturated heterocycles. The van der Waals surface area contributed by atoms with Crippen LogP contribution in [0.15, 0.2) is 41.7 Å². The number of carbonyl (C=O) groups is 1. The third-order valence-corrected chi connectivity index (χ3v) is 5.20. The molecule has 7 heteroatoms. The Labute approximate surface area is 140 Å². The zero-order chi connectivity index (χ0) is 15.5. The highest BCUT2D eigenvalue weighted by atomic mass is 35.5. The van der Waals surface area contributed by atoms with Crippen LogP contribution in [0.5, 0.6) is 0 Å². The zero-order valence-corrected chi connectivity index (χ0v) is 14.1. The summed E-state index contributed by atoms with van der Waals surface area (Å²) in [4.78, 5) is 22.7. The maximum atomic E-state index is 12.0. The Morgan fingerprint density at radius 3 is 3.00 bits per heavy atom. The van der Waals surface area contributed by atoms with E-state index in [1.807, 2.05) is 25.1 Å². The molecule has 4 nitrogen and oxygen atoms in total. The molecule has 2 aromatic heterocycles. The molecule has 0 bridgehead atoms. The number of nitrogens with one attached hydrogen (secondary N) is 1. The quantitative estimate of drug-likeness (QED) is 0.561. The highest BCUT2D eigenvalue weighted by molar-refractivity contribution is 8.00. The van der Waals surface area contributed by atoms with Gasteiger partial charge < -0.3 is 5.32 Å². The maximum Gasteiger partial charge on any atom is 0.234 e. The minimum Gasteiger partial charge on any atom is -0.324 e. The molecule has 0 spiro atoms. The minimum absolute atomic E-state index is 0.114. The molecule has 0 aliphatic rings. The molecular formula is C15H12ClN3OS2. The Balaban J connectivity index is 1.69. The molecule has 3 rings (SSSR count). The number of hydrogen-bond donors (Lipinski definition) is 1. The van der Waals surface area contributed by atoms with Gasteiger partial charge in [0.15, 0.2) is 0 Å². The number of benzene rings is 1. The number of fused-ring (bicyclic) bond motifs is 1. The highest BCUT2D eigenvalue weighted by Gasteiger charge is 2.11. The van der Waals surface area contributed by atoms with Crippen molar-refractivity contribution in [3.8, 4) is 0 Å². The number of rotatable bonds is 4. The van der Waals surface area contributed by atoms with Crippen molar-refractivity contribution in [3.63, 3.8) is 0 Å². The summed E-state index contributed by atoms with van der Waals surface area (Å²) in [5.74, 6) is 0.156. The summed E-state index contributed by atoms with van der Waals surface area (Å²) in [6.45, 7) is 2.03. The van der Waals surface area contributed by atoms with E-state index < -0.39 is 0 Å². The summed E-state index contributed by atoms with van der Waals surface area (Å²) in [7, 11) is 0. The van der Waals surface area contributed by atoms with Gasteiger partial charge in [0.1, 0.15) is 16.2 Å². The van der Waals surface area contributed by atoms with E-state index in [0.717, 1.165) is 15.2 Å². The van der Waals surface area contributed by atoms with Gasteiger partial charge in [-0.25, -0.2) is 9.97 Å². The van der Waals surface area contributed by atoms with E-state index in [1.165, 1.54) is 23.0 Å². The number of aryl methyl sites for hydroxylation is 1. The monoisotopic (exact) mass is 349 g/mol. The Hall–Kier alpha value is -1.63. The lowest BCUT2D eigenvalue weighted by atomic mass is 10.3. The average molecular weight is 350 g/mol. The molecule has 1 aromatic carbocycles. The van der Waals surface area contributed by atoms with Crippen LogP contribution in [0.4, 0.5) is 5.69 Å². The first-order chi connectivity index (χ1) is 10.6. The summed E-state index contributed by atoms with van der Waals surface area (Å²) >= 11 is 9.05. The Kier molecular flexibility index (Phi) is 4.61. The van der Waals surface area contributed by atoms with E-state index in [-0.39, 0.29) is 11.7 Å². The molecule has 0 radical (unpaired) electrons. The van der Waals surface area contributed by atoms with Gasteiger partial charge in [0.25, 0.3) is 0 Å². The number of halogens is 1. The number of aromatic nitrogens is 2. The standard InChI is InChI=1S/C15H12ClN3OS2/c1-9-6-10-14(17-8-18-15(10)22-9)21-7-13(20)19-12-5-3-2-4-11(12)16/h2-6,8H,7H2,1H3,(H,19,20). The van der Waals surface area contributed by atoms with E-state index >= 15 is 0 Å². The highest BCUT2D eigenvalue weighted by Crippen LogP contribution is 2.30. The van der Waals surface area contributed by atoms with Crippen LogP contribution in [-0.4, -0.2) is 21.6 Å². The number of thiophene rings is 1. The van der Waals surface area contributed by atoms with Crippen molar-refractivity contribution in [1.82, 2.24) is 9.97 Å². The van der Waals surface area contributed by atoms with E-state index in [2.05, 4.69) is 15.3 Å². The van der Waals surface area contributed by atoms with Crippen LogP contribution >= 0.6 is 34.7 Å². The van der Waals surface area contributed by atoms with Gasteiger partial charge in [0.2, 0.25) is 5.91 Å².